The van der Waals surface area contributed by atoms with Crippen molar-refractivity contribution in [1.29, 1.82) is 0 Å². The molecule has 0 amide bonds. The van der Waals surface area contributed by atoms with Gasteiger partial charge >= 0.3 is 0 Å². The molecule has 0 unspecified atom stereocenters. The van der Waals surface area contributed by atoms with Gasteiger partial charge in [0.2, 0.25) is 10.0 Å². The number of sulfonamides is 1. The quantitative estimate of drug-likeness (QED) is 0.621. The standard InChI is InChI=1S/C8H16N4O2S/c1-12-6-5-10-8(12)7-9-3-4-11-15(2,13)14/h5-6,9,11H,3-4,7H2,1-2H3. The predicted molar refractivity (Wildman–Crippen MR) is 57.8 cm³/mol. The molecular weight excluding hydrogens is 216 g/mol. The zero-order valence-corrected chi connectivity index (χ0v) is 9.71. The van der Waals surface area contributed by atoms with Gasteiger partial charge in [0.05, 0.1) is 12.8 Å². The largest absolute Gasteiger partial charge is 0.337 e. The summed E-state index contributed by atoms with van der Waals surface area (Å²) in [6.07, 6.45) is 4.74. The van der Waals surface area contributed by atoms with Crippen molar-refractivity contribution in [1.82, 2.24) is 19.6 Å². The Morgan fingerprint density at radius 2 is 2.20 bits per heavy atom. The summed E-state index contributed by atoms with van der Waals surface area (Å²) in [5.74, 6) is 0.925. The van der Waals surface area contributed by atoms with E-state index in [1.165, 1.54) is 0 Å². The van der Waals surface area contributed by atoms with Gasteiger partial charge in [0.25, 0.3) is 0 Å². The topological polar surface area (TPSA) is 76.0 Å². The van der Waals surface area contributed by atoms with Crippen LogP contribution in [0.3, 0.4) is 0 Å². The Labute approximate surface area is 89.8 Å². The summed E-state index contributed by atoms with van der Waals surface area (Å²) < 4.78 is 25.8. The van der Waals surface area contributed by atoms with Crippen molar-refractivity contribution in [3.63, 3.8) is 0 Å². The molecule has 0 spiro atoms. The minimum Gasteiger partial charge on any atom is -0.337 e. The summed E-state index contributed by atoms with van der Waals surface area (Å²) in [7, 11) is -1.16. The molecule has 1 rings (SSSR count). The van der Waals surface area contributed by atoms with E-state index >= 15 is 0 Å². The number of hydrogen-bond donors (Lipinski definition) is 2. The van der Waals surface area contributed by atoms with E-state index in [1.54, 1.807) is 6.20 Å². The first-order valence-corrected chi connectivity index (χ1v) is 6.50. The van der Waals surface area contributed by atoms with E-state index in [-0.39, 0.29) is 0 Å². The Bertz CT molecular complexity index is 399. The molecule has 0 aliphatic heterocycles. The highest BCUT2D eigenvalue weighted by atomic mass is 32.2. The van der Waals surface area contributed by atoms with Crippen molar-refractivity contribution >= 4 is 10.0 Å². The number of rotatable bonds is 6. The SMILES string of the molecule is Cn1ccnc1CNCCNS(C)(=O)=O. The smallest absolute Gasteiger partial charge is 0.208 e. The van der Waals surface area contributed by atoms with Gasteiger partial charge in [-0.3, -0.25) is 0 Å². The zero-order valence-electron chi connectivity index (χ0n) is 8.90. The second-order valence-corrected chi connectivity index (χ2v) is 5.13. The molecule has 0 atom stereocenters. The number of aryl methyl sites for hydroxylation is 1. The zero-order chi connectivity index (χ0) is 11.3. The van der Waals surface area contributed by atoms with Gasteiger partial charge in [-0.15, -0.1) is 0 Å². The van der Waals surface area contributed by atoms with Crippen LogP contribution in [-0.2, 0) is 23.6 Å². The third kappa shape index (κ3) is 4.91. The van der Waals surface area contributed by atoms with Crippen molar-refractivity contribution in [2.75, 3.05) is 19.3 Å². The molecule has 15 heavy (non-hydrogen) atoms. The molecule has 1 aromatic rings. The molecule has 1 heterocycles. The molecule has 0 aliphatic rings. The fourth-order valence-electron chi connectivity index (χ4n) is 1.09. The minimum atomic E-state index is -3.08. The molecule has 0 fully saturated rings. The maximum absolute atomic E-state index is 10.7. The van der Waals surface area contributed by atoms with Crippen LogP contribution in [0.5, 0.6) is 0 Å². The maximum Gasteiger partial charge on any atom is 0.208 e. The van der Waals surface area contributed by atoms with Crippen molar-refractivity contribution < 1.29 is 8.42 Å². The number of hydrogen-bond acceptors (Lipinski definition) is 4. The van der Waals surface area contributed by atoms with Crippen molar-refractivity contribution in [2.24, 2.45) is 7.05 Å². The highest BCUT2D eigenvalue weighted by Gasteiger charge is 2.00. The van der Waals surface area contributed by atoms with Crippen LogP contribution in [0.1, 0.15) is 5.82 Å². The molecule has 0 radical (unpaired) electrons. The lowest BCUT2D eigenvalue weighted by Crippen LogP contribution is -2.31. The van der Waals surface area contributed by atoms with Crippen LogP contribution < -0.4 is 10.0 Å². The van der Waals surface area contributed by atoms with E-state index < -0.39 is 10.0 Å². The van der Waals surface area contributed by atoms with E-state index in [2.05, 4.69) is 15.0 Å². The van der Waals surface area contributed by atoms with Gasteiger partial charge in [-0.1, -0.05) is 0 Å². The Hall–Kier alpha value is -0.920. The van der Waals surface area contributed by atoms with Crippen molar-refractivity contribution in [2.45, 2.75) is 6.54 Å². The van der Waals surface area contributed by atoms with Crippen LogP contribution in [0.4, 0.5) is 0 Å². The number of nitrogens with zero attached hydrogens (tertiary/aromatic N) is 2. The molecule has 1 aromatic heterocycles. The normalized spacial score (nSPS) is 11.9. The van der Waals surface area contributed by atoms with Crippen molar-refractivity contribution in [3.8, 4) is 0 Å². The predicted octanol–water partition coefficient (Wildman–Crippen LogP) is -0.941. The fourth-order valence-corrected chi connectivity index (χ4v) is 1.56. The lowest BCUT2D eigenvalue weighted by molar-refractivity contribution is 0.578. The van der Waals surface area contributed by atoms with E-state index in [0.717, 1.165) is 12.1 Å². The minimum absolute atomic E-state index is 0.392. The van der Waals surface area contributed by atoms with Crippen LogP contribution >= 0.6 is 0 Å². The van der Waals surface area contributed by atoms with Crippen molar-refractivity contribution in [3.05, 3.63) is 18.2 Å². The first kappa shape index (κ1) is 12.2. The Morgan fingerprint density at radius 1 is 1.47 bits per heavy atom. The fraction of sp³-hybridized carbons (Fsp3) is 0.625. The monoisotopic (exact) mass is 232 g/mol. The molecule has 86 valence electrons. The third-order valence-electron chi connectivity index (χ3n) is 1.87. The molecule has 0 saturated heterocycles. The molecule has 7 heteroatoms. The molecule has 2 N–H and O–H groups in total. The second-order valence-electron chi connectivity index (χ2n) is 3.30. The highest BCUT2D eigenvalue weighted by molar-refractivity contribution is 7.88. The van der Waals surface area contributed by atoms with E-state index in [4.69, 9.17) is 0 Å². The summed E-state index contributed by atoms with van der Waals surface area (Å²) in [6.45, 7) is 1.61. The number of imidazole rings is 1. The van der Waals surface area contributed by atoms with Crippen LogP contribution in [-0.4, -0.2) is 37.3 Å². The summed E-state index contributed by atoms with van der Waals surface area (Å²) in [5, 5.41) is 3.09. The van der Waals surface area contributed by atoms with Crippen LogP contribution in [0.2, 0.25) is 0 Å². The van der Waals surface area contributed by atoms with Gasteiger partial charge in [0.15, 0.2) is 0 Å². The lowest BCUT2D eigenvalue weighted by atomic mass is 10.5. The van der Waals surface area contributed by atoms with E-state index in [9.17, 15) is 8.42 Å². The molecule has 0 saturated carbocycles. The molecule has 0 aliphatic carbocycles. The second kappa shape index (κ2) is 5.24. The first-order chi connectivity index (χ1) is 6.99. The molecule has 0 aromatic carbocycles. The molecular formula is C8H16N4O2S. The lowest BCUT2D eigenvalue weighted by Gasteiger charge is -2.05. The van der Waals surface area contributed by atoms with Gasteiger partial charge in [-0.05, 0) is 0 Å². The van der Waals surface area contributed by atoms with Gasteiger partial charge < -0.3 is 9.88 Å². The average molecular weight is 232 g/mol. The Balaban J connectivity index is 2.15. The van der Waals surface area contributed by atoms with E-state index in [1.807, 2.05) is 17.8 Å². The Morgan fingerprint density at radius 3 is 2.73 bits per heavy atom. The summed E-state index contributed by atoms with van der Waals surface area (Å²) in [6, 6.07) is 0. The summed E-state index contributed by atoms with van der Waals surface area (Å²) in [5.41, 5.74) is 0. The van der Waals surface area contributed by atoms with Gasteiger partial charge in [0, 0.05) is 32.5 Å². The average Bonchev–Trinajstić information content (AvgIpc) is 2.49. The third-order valence-corrected chi connectivity index (χ3v) is 2.60. The summed E-state index contributed by atoms with van der Waals surface area (Å²) >= 11 is 0. The molecule has 6 nitrogen and oxygen atoms in total. The Kier molecular flexibility index (Phi) is 4.25. The van der Waals surface area contributed by atoms with Gasteiger partial charge in [0.1, 0.15) is 5.82 Å². The maximum atomic E-state index is 10.7. The number of nitrogens with one attached hydrogen (secondary N) is 2. The highest BCUT2D eigenvalue weighted by Crippen LogP contribution is 1.91. The molecule has 0 bridgehead atoms. The van der Waals surface area contributed by atoms with Gasteiger partial charge in [-0.2, -0.15) is 0 Å². The van der Waals surface area contributed by atoms with Crippen LogP contribution in [0, 0.1) is 0 Å². The number of aromatic nitrogens is 2. The summed E-state index contributed by atoms with van der Waals surface area (Å²) in [4.78, 5) is 4.12. The van der Waals surface area contributed by atoms with E-state index in [0.29, 0.717) is 19.6 Å². The van der Waals surface area contributed by atoms with Crippen LogP contribution in [0.15, 0.2) is 12.4 Å². The first-order valence-electron chi connectivity index (χ1n) is 4.60. The van der Waals surface area contributed by atoms with Crippen LogP contribution in [0.25, 0.3) is 0 Å². The van der Waals surface area contributed by atoms with Gasteiger partial charge in [-0.25, -0.2) is 18.1 Å².